The fraction of sp³-hybridized carbons (Fsp3) is 0.190. The van der Waals surface area contributed by atoms with Crippen LogP contribution in [0.25, 0.3) is 10.4 Å². The zero-order chi connectivity index (χ0) is 19.7. The van der Waals surface area contributed by atoms with Gasteiger partial charge in [0.1, 0.15) is 18.9 Å². The Labute approximate surface area is 168 Å². The molecule has 1 aliphatic heterocycles. The maximum Gasteiger partial charge on any atom is 0.269 e. The van der Waals surface area contributed by atoms with Gasteiger partial charge in [-0.3, -0.25) is 4.79 Å². The van der Waals surface area contributed by atoms with E-state index in [1.807, 2.05) is 41.8 Å². The van der Waals surface area contributed by atoms with E-state index in [-0.39, 0.29) is 12.0 Å². The molecule has 1 saturated heterocycles. The minimum Gasteiger partial charge on any atom is -0.397 e. The third-order valence-electron chi connectivity index (χ3n) is 4.81. The van der Waals surface area contributed by atoms with E-state index in [0.29, 0.717) is 23.1 Å². The Morgan fingerprint density at radius 2 is 2.04 bits per heavy atom. The lowest BCUT2D eigenvalue weighted by Crippen LogP contribution is -2.13. The van der Waals surface area contributed by atoms with Crippen molar-refractivity contribution in [3.05, 3.63) is 71.1 Å². The number of hydrogen-bond donors (Lipinski definition) is 3. The van der Waals surface area contributed by atoms with Crippen LogP contribution in [0.3, 0.4) is 0 Å². The number of amides is 1. The molecule has 5 nitrogen and oxygen atoms in total. The predicted octanol–water partition coefficient (Wildman–Crippen LogP) is 5.18. The van der Waals surface area contributed by atoms with Crippen molar-refractivity contribution >= 4 is 36.3 Å². The van der Waals surface area contributed by atoms with Crippen LogP contribution in [0.4, 0.5) is 11.4 Å². The van der Waals surface area contributed by atoms with Gasteiger partial charge in [-0.25, -0.2) is 4.89 Å². The number of nitrogen functional groups attached to an aromatic ring is 1. The topological polar surface area (TPSA) is 84.6 Å². The Kier molecular flexibility index (Phi) is 5.21. The van der Waals surface area contributed by atoms with Crippen LogP contribution in [0.5, 0.6) is 0 Å². The second-order valence-electron chi connectivity index (χ2n) is 7.01. The lowest BCUT2D eigenvalue weighted by molar-refractivity contribution is 0.102. The van der Waals surface area contributed by atoms with Gasteiger partial charge in [-0.2, -0.15) is 4.52 Å². The summed E-state index contributed by atoms with van der Waals surface area (Å²) in [5, 5.41) is 4.92. The van der Waals surface area contributed by atoms with Gasteiger partial charge in [-0.05, 0) is 46.8 Å². The van der Waals surface area contributed by atoms with E-state index in [2.05, 4.69) is 5.32 Å². The summed E-state index contributed by atoms with van der Waals surface area (Å²) in [6, 6.07) is 17.0. The molecule has 2 atom stereocenters. The molecule has 1 aliphatic rings. The summed E-state index contributed by atoms with van der Waals surface area (Å²) < 4.78 is 5.75. The fourth-order valence-corrected chi connectivity index (χ4v) is 5.59. The highest BCUT2D eigenvalue weighted by atomic mass is 32.1. The highest BCUT2D eigenvalue weighted by Gasteiger charge is 2.43. The summed E-state index contributed by atoms with van der Waals surface area (Å²) >= 11 is 1.64. The van der Waals surface area contributed by atoms with Crippen molar-refractivity contribution < 1.29 is 14.2 Å². The number of anilines is 2. The van der Waals surface area contributed by atoms with Crippen LogP contribution in [-0.4, -0.2) is 23.6 Å². The highest BCUT2D eigenvalue weighted by Crippen LogP contribution is 2.62. The first kappa shape index (κ1) is 19.1. The Morgan fingerprint density at radius 3 is 2.68 bits per heavy atom. The summed E-state index contributed by atoms with van der Waals surface area (Å²) in [6.07, 6.45) is 1.41. The van der Waals surface area contributed by atoms with E-state index in [1.54, 1.807) is 36.2 Å². The maximum absolute atomic E-state index is 12.7. The summed E-state index contributed by atoms with van der Waals surface area (Å²) in [5.74, 6) is -0.214. The molecule has 7 heteroatoms. The average Bonchev–Trinajstić information content (AvgIpc) is 3.33. The average molecular weight is 413 g/mol. The molecule has 3 aromatic rings. The van der Waals surface area contributed by atoms with E-state index in [4.69, 9.17) is 10.3 Å². The van der Waals surface area contributed by atoms with Gasteiger partial charge in [0, 0.05) is 16.9 Å². The van der Waals surface area contributed by atoms with E-state index < -0.39 is 7.72 Å². The van der Waals surface area contributed by atoms with Crippen LogP contribution in [0.15, 0.2) is 60.0 Å². The van der Waals surface area contributed by atoms with Gasteiger partial charge in [-0.15, -0.1) is 11.3 Å². The second kappa shape index (κ2) is 7.64. The van der Waals surface area contributed by atoms with Gasteiger partial charge in [0.2, 0.25) is 0 Å². The van der Waals surface area contributed by atoms with Gasteiger partial charge in [0.25, 0.3) is 13.6 Å². The fourth-order valence-electron chi connectivity index (χ4n) is 3.27. The molecule has 0 aliphatic carbocycles. The monoisotopic (exact) mass is 413 g/mol. The Hall–Kier alpha value is -2.24. The number of nitrogens with one attached hydrogen (secondary N) is 1. The number of thiophene rings is 1. The molecule has 144 valence electrons. The molecule has 1 aromatic heterocycles. The number of carbonyl (C=O) groups excluding carboxylic acids is 1. The van der Waals surface area contributed by atoms with Crippen LogP contribution in [-0.2, 0) is 4.52 Å². The van der Waals surface area contributed by atoms with Crippen molar-refractivity contribution in [1.82, 2.24) is 0 Å². The first-order valence-electron chi connectivity index (χ1n) is 9.03. The summed E-state index contributed by atoms with van der Waals surface area (Å²) in [4.78, 5) is 23.9. The molecule has 0 radical (unpaired) electrons. The Morgan fingerprint density at radius 1 is 1.25 bits per heavy atom. The highest BCUT2D eigenvalue weighted by molar-refractivity contribution is 7.65. The van der Waals surface area contributed by atoms with Crippen molar-refractivity contribution in [3.8, 4) is 10.4 Å². The third kappa shape index (κ3) is 4.10. The lowest BCUT2D eigenvalue weighted by atomic mass is 10.0. The number of hydrogen-bond acceptors (Lipinski definition) is 5. The second-order valence-corrected chi connectivity index (χ2v) is 10.7. The van der Waals surface area contributed by atoms with Crippen LogP contribution in [0.2, 0.25) is 0 Å². The van der Waals surface area contributed by atoms with E-state index in [9.17, 15) is 9.69 Å². The minimum absolute atomic E-state index is 0.0985. The zero-order valence-electron chi connectivity index (χ0n) is 15.5. The molecule has 0 spiro atoms. The smallest absolute Gasteiger partial charge is 0.269 e. The standard InChI is InChI=1S/C21H21N2O3PS/c1-27(25)11-10-19(26-27)14-4-6-15(7-5-14)21(24)23-18-13-16(8-9-17(18)22)20-3-2-12-28-20/h2-9,12-13,19,25H,10-11,22H2,1H3/p+1. The summed E-state index contributed by atoms with van der Waals surface area (Å²) in [6.45, 7) is 1.78. The molecule has 2 heterocycles. The van der Waals surface area contributed by atoms with Crippen molar-refractivity contribution in [2.24, 2.45) is 0 Å². The molecular weight excluding hydrogens is 391 g/mol. The molecule has 4 rings (SSSR count). The van der Waals surface area contributed by atoms with Crippen LogP contribution in [0.1, 0.15) is 28.4 Å². The Bertz CT molecular complexity index is 987. The van der Waals surface area contributed by atoms with Crippen molar-refractivity contribution in [2.45, 2.75) is 12.5 Å². The zero-order valence-corrected chi connectivity index (χ0v) is 17.2. The summed E-state index contributed by atoms with van der Waals surface area (Å²) in [5.41, 5.74) is 9.72. The van der Waals surface area contributed by atoms with Gasteiger partial charge in [0.05, 0.1) is 11.4 Å². The number of benzene rings is 2. The molecule has 2 aromatic carbocycles. The number of rotatable bonds is 4. The van der Waals surface area contributed by atoms with Gasteiger partial charge in [0.15, 0.2) is 0 Å². The summed E-state index contributed by atoms with van der Waals surface area (Å²) in [7, 11) is -2.22. The normalized spacial score (nSPS) is 21.6. The third-order valence-corrected chi connectivity index (χ3v) is 7.53. The largest absolute Gasteiger partial charge is 0.397 e. The van der Waals surface area contributed by atoms with Crippen molar-refractivity contribution in [3.63, 3.8) is 0 Å². The van der Waals surface area contributed by atoms with Crippen molar-refractivity contribution in [2.75, 3.05) is 23.9 Å². The lowest BCUT2D eigenvalue weighted by Gasteiger charge is -2.12. The molecule has 0 saturated carbocycles. The maximum atomic E-state index is 12.7. The van der Waals surface area contributed by atoms with Crippen LogP contribution < -0.4 is 11.1 Å². The van der Waals surface area contributed by atoms with Gasteiger partial charge >= 0.3 is 0 Å². The first-order chi connectivity index (χ1) is 13.4. The van der Waals surface area contributed by atoms with Crippen molar-refractivity contribution in [1.29, 1.82) is 0 Å². The molecule has 4 N–H and O–H groups in total. The molecule has 2 unspecified atom stereocenters. The SMILES string of the molecule is C[P+]1(O)CCC(c2ccc(C(=O)Nc3cc(-c4cccs4)ccc3N)cc2)O1. The van der Waals surface area contributed by atoms with E-state index in [0.717, 1.165) is 22.4 Å². The van der Waals surface area contributed by atoms with E-state index >= 15 is 0 Å². The number of nitrogens with two attached hydrogens (primary N) is 1. The number of carbonyl (C=O) groups is 1. The minimum atomic E-state index is -2.22. The van der Waals surface area contributed by atoms with Crippen LogP contribution >= 0.6 is 19.1 Å². The quantitative estimate of drug-likeness (QED) is 0.406. The van der Waals surface area contributed by atoms with Gasteiger partial charge < -0.3 is 11.1 Å². The first-order valence-corrected chi connectivity index (χ1v) is 12.2. The molecular formula is C21H22N2O3PS+. The molecule has 0 bridgehead atoms. The van der Waals surface area contributed by atoms with Gasteiger partial charge in [-0.1, -0.05) is 24.3 Å². The molecule has 1 fully saturated rings. The predicted molar refractivity (Wildman–Crippen MR) is 117 cm³/mol. The molecule has 28 heavy (non-hydrogen) atoms. The molecule has 1 amide bonds. The van der Waals surface area contributed by atoms with E-state index in [1.165, 1.54) is 0 Å². The Balaban J connectivity index is 1.49. The van der Waals surface area contributed by atoms with Crippen LogP contribution in [0, 0.1) is 0 Å².